The molecule has 0 atom stereocenters. The standard InChI is InChI=1S/C21H31N7/c1-15(2)20-17(14-27(6)25-20)13-26(5)21(22-4)23-11-12-28-16(3)24-18-9-7-8-10-19(18)28/h7-10,14-15H,11-13H2,1-6H3,(H,22,23). The SMILES string of the molecule is CN=C(NCCn1c(C)nc2ccccc21)N(C)Cc1cn(C)nc1C(C)C. The maximum absolute atomic E-state index is 4.64. The van der Waals surface area contributed by atoms with Crippen LogP contribution >= 0.6 is 0 Å². The molecule has 3 rings (SSSR count). The number of rotatable bonds is 6. The van der Waals surface area contributed by atoms with E-state index in [0.29, 0.717) is 5.92 Å². The molecule has 0 fully saturated rings. The minimum absolute atomic E-state index is 0.400. The van der Waals surface area contributed by atoms with Gasteiger partial charge in [0.2, 0.25) is 0 Å². The lowest BCUT2D eigenvalue weighted by molar-refractivity contribution is 0.470. The topological polar surface area (TPSA) is 63.3 Å². The van der Waals surface area contributed by atoms with E-state index in [1.807, 2.05) is 24.8 Å². The normalized spacial score (nSPS) is 12.2. The molecule has 7 heteroatoms. The third-order valence-electron chi connectivity index (χ3n) is 4.93. The summed E-state index contributed by atoms with van der Waals surface area (Å²) in [5.41, 5.74) is 4.59. The van der Waals surface area contributed by atoms with Gasteiger partial charge in [0, 0.05) is 52.5 Å². The Hall–Kier alpha value is -2.83. The quantitative estimate of drug-likeness (QED) is 0.527. The van der Waals surface area contributed by atoms with Gasteiger partial charge in [0.05, 0.1) is 16.7 Å². The minimum atomic E-state index is 0.400. The summed E-state index contributed by atoms with van der Waals surface area (Å²) in [5.74, 6) is 2.31. The van der Waals surface area contributed by atoms with Crippen molar-refractivity contribution in [1.82, 2.24) is 29.5 Å². The van der Waals surface area contributed by atoms with Gasteiger partial charge < -0.3 is 14.8 Å². The van der Waals surface area contributed by atoms with Crippen LogP contribution in [-0.2, 0) is 20.1 Å². The molecule has 0 spiro atoms. The Balaban J connectivity index is 1.64. The first kappa shape index (κ1) is 19.9. The van der Waals surface area contributed by atoms with Crippen LogP contribution in [0, 0.1) is 6.92 Å². The number of guanidine groups is 1. The molecular weight excluding hydrogens is 350 g/mol. The molecule has 0 amide bonds. The Morgan fingerprint density at radius 3 is 2.75 bits per heavy atom. The smallest absolute Gasteiger partial charge is 0.193 e. The van der Waals surface area contributed by atoms with Crippen molar-refractivity contribution >= 4 is 17.0 Å². The minimum Gasteiger partial charge on any atom is -0.354 e. The van der Waals surface area contributed by atoms with Crippen LogP contribution in [0.4, 0.5) is 0 Å². The van der Waals surface area contributed by atoms with Gasteiger partial charge in [0.1, 0.15) is 5.82 Å². The molecule has 28 heavy (non-hydrogen) atoms. The van der Waals surface area contributed by atoms with Gasteiger partial charge in [-0.2, -0.15) is 5.10 Å². The number of fused-ring (bicyclic) bond motifs is 1. The molecule has 0 saturated carbocycles. The fourth-order valence-corrected chi connectivity index (χ4v) is 3.64. The number of aliphatic imine (C=N–C) groups is 1. The van der Waals surface area contributed by atoms with Crippen molar-refractivity contribution in [1.29, 1.82) is 0 Å². The molecule has 1 N–H and O–H groups in total. The van der Waals surface area contributed by atoms with Crippen molar-refractivity contribution < 1.29 is 0 Å². The number of hydrogen-bond acceptors (Lipinski definition) is 3. The van der Waals surface area contributed by atoms with Gasteiger partial charge >= 0.3 is 0 Å². The van der Waals surface area contributed by atoms with Crippen LogP contribution in [0.5, 0.6) is 0 Å². The molecule has 0 unspecified atom stereocenters. The van der Waals surface area contributed by atoms with Gasteiger partial charge in [-0.3, -0.25) is 9.67 Å². The molecule has 7 nitrogen and oxygen atoms in total. The first-order chi connectivity index (χ1) is 13.4. The monoisotopic (exact) mass is 381 g/mol. The summed E-state index contributed by atoms with van der Waals surface area (Å²) in [4.78, 5) is 11.2. The number of hydrogen-bond donors (Lipinski definition) is 1. The second kappa shape index (κ2) is 8.46. The third-order valence-corrected chi connectivity index (χ3v) is 4.93. The Morgan fingerprint density at radius 1 is 1.29 bits per heavy atom. The van der Waals surface area contributed by atoms with Gasteiger partial charge in [-0.15, -0.1) is 0 Å². The molecule has 150 valence electrons. The Bertz CT molecular complexity index is 964. The summed E-state index contributed by atoms with van der Waals surface area (Å²) in [6.45, 7) is 8.80. The van der Waals surface area contributed by atoms with Crippen molar-refractivity contribution in [3.8, 4) is 0 Å². The highest BCUT2D eigenvalue weighted by atomic mass is 15.3. The zero-order chi connectivity index (χ0) is 20.3. The zero-order valence-electron chi connectivity index (χ0n) is 17.8. The Morgan fingerprint density at radius 2 is 2.04 bits per heavy atom. The van der Waals surface area contributed by atoms with Gasteiger partial charge in [0.25, 0.3) is 0 Å². The van der Waals surface area contributed by atoms with E-state index in [-0.39, 0.29) is 0 Å². The maximum atomic E-state index is 4.64. The van der Waals surface area contributed by atoms with Crippen LogP contribution in [0.1, 0.15) is 36.8 Å². The van der Waals surface area contributed by atoms with E-state index in [1.54, 1.807) is 0 Å². The van der Waals surface area contributed by atoms with E-state index in [0.717, 1.165) is 42.6 Å². The van der Waals surface area contributed by atoms with Crippen LogP contribution in [0.15, 0.2) is 35.5 Å². The molecule has 2 aromatic heterocycles. The van der Waals surface area contributed by atoms with Crippen LogP contribution in [-0.4, -0.2) is 50.8 Å². The van der Waals surface area contributed by atoms with Crippen LogP contribution in [0.3, 0.4) is 0 Å². The lowest BCUT2D eigenvalue weighted by Gasteiger charge is -2.22. The van der Waals surface area contributed by atoms with Crippen LogP contribution in [0.25, 0.3) is 11.0 Å². The highest BCUT2D eigenvalue weighted by molar-refractivity contribution is 5.79. The zero-order valence-corrected chi connectivity index (χ0v) is 17.8. The molecule has 0 aliphatic carbocycles. The highest BCUT2D eigenvalue weighted by Gasteiger charge is 2.15. The summed E-state index contributed by atoms with van der Waals surface area (Å²) in [6.07, 6.45) is 2.10. The molecule has 1 aromatic carbocycles. The van der Waals surface area contributed by atoms with E-state index < -0.39 is 0 Å². The fourth-order valence-electron chi connectivity index (χ4n) is 3.64. The van der Waals surface area contributed by atoms with E-state index in [1.165, 1.54) is 11.1 Å². The molecule has 0 saturated heterocycles. The number of benzene rings is 1. The number of aryl methyl sites for hydroxylation is 2. The molecule has 0 bridgehead atoms. The Labute approximate surface area is 167 Å². The molecule has 2 heterocycles. The lowest BCUT2D eigenvalue weighted by atomic mass is 10.1. The largest absolute Gasteiger partial charge is 0.354 e. The maximum Gasteiger partial charge on any atom is 0.193 e. The van der Waals surface area contributed by atoms with Crippen molar-refractivity contribution in [3.63, 3.8) is 0 Å². The van der Waals surface area contributed by atoms with Crippen LogP contribution in [0.2, 0.25) is 0 Å². The first-order valence-corrected chi connectivity index (χ1v) is 9.76. The number of imidazole rings is 1. The number of para-hydroxylation sites is 2. The number of aromatic nitrogens is 4. The van der Waals surface area contributed by atoms with E-state index in [2.05, 4.69) is 82.1 Å². The summed E-state index contributed by atoms with van der Waals surface area (Å²) in [7, 11) is 5.85. The highest BCUT2D eigenvalue weighted by Crippen LogP contribution is 2.18. The Kier molecular flexibility index (Phi) is 6.02. The van der Waals surface area contributed by atoms with E-state index >= 15 is 0 Å². The van der Waals surface area contributed by atoms with Gasteiger partial charge in [-0.1, -0.05) is 26.0 Å². The summed E-state index contributed by atoms with van der Waals surface area (Å²) in [6, 6.07) is 8.25. The fraction of sp³-hybridized carbons (Fsp3) is 0.476. The van der Waals surface area contributed by atoms with Crippen molar-refractivity contribution in [2.75, 3.05) is 20.6 Å². The molecule has 0 radical (unpaired) electrons. The molecule has 0 aliphatic heterocycles. The second-order valence-corrected chi connectivity index (χ2v) is 7.50. The summed E-state index contributed by atoms with van der Waals surface area (Å²) >= 11 is 0. The predicted octanol–water partition coefficient (Wildman–Crippen LogP) is 2.91. The average Bonchev–Trinajstić information content (AvgIpc) is 3.18. The van der Waals surface area contributed by atoms with Crippen molar-refractivity contribution in [2.24, 2.45) is 12.0 Å². The van der Waals surface area contributed by atoms with E-state index in [9.17, 15) is 0 Å². The van der Waals surface area contributed by atoms with E-state index in [4.69, 9.17) is 0 Å². The molecular formula is C21H31N7. The van der Waals surface area contributed by atoms with Crippen molar-refractivity contribution in [2.45, 2.75) is 39.8 Å². The number of nitrogens with one attached hydrogen (secondary N) is 1. The van der Waals surface area contributed by atoms with Crippen LogP contribution < -0.4 is 5.32 Å². The second-order valence-electron chi connectivity index (χ2n) is 7.50. The lowest BCUT2D eigenvalue weighted by Crippen LogP contribution is -2.40. The average molecular weight is 382 g/mol. The molecule has 0 aliphatic rings. The molecule has 3 aromatic rings. The number of nitrogens with zero attached hydrogens (tertiary/aromatic N) is 6. The summed E-state index contributed by atoms with van der Waals surface area (Å²) in [5, 5.41) is 8.08. The van der Waals surface area contributed by atoms with Crippen molar-refractivity contribution in [3.05, 3.63) is 47.5 Å². The van der Waals surface area contributed by atoms with Gasteiger partial charge in [-0.25, -0.2) is 4.98 Å². The summed E-state index contributed by atoms with van der Waals surface area (Å²) < 4.78 is 4.13. The van der Waals surface area contributed by atoms with Gasteiger partial charge in [-0.05, 0) is 25.0 Å². The third kappa shape index (κ3) is 4.18. The van der Waals surface area contributed by atoms with Gasteiger partial charge in [0.15, 0.2) is 5.96 Å². The first-order valence-electron chi connectivity index (χ1n) is 9.76. The predicted molar refractivity (Wildman–Crippen MR) is 115 cm³/mol.